The molecule has 1 nitrogen and oxygen atoms in total. The average Bonchev–Trinajstić information content (AvgIpc) is 2.79. The highest BCUT2D eigenvalue weighted by Crippen LogP contribution is 2.32. The summed E-state index contributed by atoms with van der Waals surface area (Å²) in [6.45, 7) is 0. The lowest BCUT2D eigenvalue weighted by Crippen LogP contribution is -2.13. The van der Waals surface area contributed by atoms with Gasteiger partial charge in [0.2, 0.25) is 0 Å². The Hall–Kier alpha value is -0.410. The molecule has 0 unspecified atom stereocenters. The quantitative estimate of drug-likeness (QED) is 0.576. The molecule has 0 radical (unpaired) electrons. The van der Waals surface area contributed by atoms with Gasteiger partial charge in [-0.3, -0.25) is 4.79 Å². The number of hydrogen-bond donors (Lipinski definition) is 0. The van der Waals surface area contributed by atoms with Crippen molar-refractivity contribution < 1.29 is 9.18 Å². The summed E-state index contributed by atoms with van der Waals surface area (Å²) in [5, 5.41) is -0.0103. The highest BCUT2D eigenvalue weighted by molar-refractivity contribution is 9.10. The second-order valence-corrected chi connectivity index (χ2v) is 5.30. The van der Waals surface area contributed by atoms with Gasteiger partial charge in [-0.25, -0.2) is 4.39 Å². The lowest BCUT2D eigenvalue weighted by molar-refractivity contribution is 0.0918. The maximum Gasteiger partial charge on any atom is 0.168 e. The van der Waals surface area contributed by atoms with E-state index in [4.69, 9.17) is 11.6 Å². The normalized spacial score (nSPS) is 16.7. The van der Waals surface area contributed by atoms with Crippen molar-refractivity contribution in [3.8, 4) is 0 Å². The molecule has 1 aromatic carbocycles. The first-order valence-corrected chi connectivity index (χ1v) is 6.46. The molecule has 1 aromatic rings. The fourth-order valence-corrected chi connectivity index (χ4v) is 2.60. The Kier molecular flexibility index (Phi) is 3.65. The zero-order chi connectivity index (χ0) is 11.7. The Morgan fingerprint density at radius 1 is 1.38 bits per heavy atom. The summed E-state index contributed by atoms with van der Waals surface area (Å²) in [5.41, 5.74) is 0.125. The lowest BCUT2D eigenvalue weighted by atomic mass is 9.96. The summed E-state index contributed by atoms with van der Waals surface area (Å²) in [6.07, 6.45) is 3.85. The fraction of sp³-hybridized carbons (Fsp3) is 0.417. The van der Waals surface area contributed by atoms with Crippen LogP contribution >= 0.6 is 27.5 Å². The Morgan fingerprint density at radius 2 is 2.00 bits per heavy atom. The van der Waals surface area contributed by atoms with Gasteiger partial charge in [0, 0.05) is 10.4 Å². The minimum Gasteiger partial charge on any atom is -0.294 e. The van der Waals surface area contributed by atoms with E-state index < -0.39 is 5.82 Å². The number of Topliss-reactive ketones (excluding diaryl/α,β-unsaturated/α-hetero) is 1. The first-order valence-electron chi connectivity index (χ1n) is 5.29. The molecule has 1 aliphatic carbocycles. The van der Waals surface area contributed by atoms with Crippen LogP contribution in [0.25, 0.3) is 0 Å². The molecule has 2 rings (SSSR count). The van der Waals surface area contributed by atoms with E-state index in [1.165, 1.54) is 6.07 Å². The van der Waals surface area contributed by atoms with Crippen LogP contribution in [0.5, 0.6) is 0 Å². The van der Waals surface area contributed by atoms with E-state index >= 15 is 0 Å². The molecule has 0 atom stereocenters. The number of halogens is 3. The standard InChI is InChI=1S/C12H11BrClFO/c13-9-6-5-8(11(15)10(9)14)12(16)7-3-1-2-4-7/h5-7H,1-4H2. The molecular formula is C12H11BrClFO. The maximum atomic E-state index is 13.8. The van der Waals surface area contributed by atoms with Crippen molar-refractivity contribution in [3.63, 3.8) is 0 Å². The molecule has 1 fully saturated rings. The molecule has 0 N–H and O–H groups in total. The third-order valence-electron chi connectivity index (χ3n) is 3.03. The Labute approximate surface area is 107 Å². The molecule has 1 aliphatic rings. The van der Waals surface area contributed by atoms with Crippen molar-refractivity contribution in [2.45, 2.75) is 25.7 Å². The van der Waals surface area contributed by atoms with Crippen molar-refractivity contribution in [1.82, 2.24) is 0 Å². The topological polar surface area (TPSA) is 17.1 Å². The van der Waals surface area contributed by atoms with Crippen molar-refractivity contribution in [2.24, 2.45) is 5.92 Å². The van der Waals surface area contributed by atoms with Crippen molar-refractivity contribution in [3.05, 3.63) is 33.0 Å². The Bertz CT molecular complexity index is 427. The smallest absolute Gasteiger partial charge is 0.168 e. The summed E-state index contributed by atoms with van der Waals surface area (Å²) >= 11 is 8.89. The van der Waals surface area contributed by atoms with Gasteiger partial charge < -0.3 is 0 Å². The minimum absolute atomic E-state index is 0.0103. The predicted octanol–water partition coefficient (Wildman–Crippen LogP) is 4.61. The lowest BCUT2D eigenvalue weighted by Gasteiger charge is -2.10. The van der Waals surface area contributed by atoms with E-state index in [1.54, 1.807) is 6.07 Å². The van der Waals surface area contributed by atoms with Gasteiger partial charge in [-0.2, -0.15) is 0 Å². The van der Waals surface area contributed by atoms with E-state index in [0.717, 1.165) is 25.7 Å². The monoisotopic (exact) mass is 304 g/mol. The van der Waals surface area contributed by atoms with Crippen LogP contribution < -0.4 is 0 Å². The number of benzene rings is 1. The van der Waals surface area contributed by atoms with Crippen molar-refractivity contribution in [1.29, 1.82) is 0 Å². The molecule has 86 valence electrons. The average molecular weight is 306 g/mol. The summed E-state index contributed by atoms with van der Waals surface area (Å²) < 4.78 is 14.3. The molecule has 0 spiro atoms. The second-order valence-electron chi connectivity index (χ2n) is 4.07. The van der Waals surface area contributed by atoms with Crippen LogP contribution in [-0.2, 0) is 0 Å². The maximum absolute atomic E-state index is 13.8. The summed E-state index contributed by atoms with van der Waals surface area (Å²) in [5.74, 6) is -0.732. The SMILES string of the molecule is O=C(c1ccc(Br)c(Cl)c1F)C1CCCC1. The Balaban J connectivity index is 2.33. The van der Waals surface area contributed by atoms with Gasteiger partial charge in [0.1, 0.15) is 0 Å². The van der Waals surface area contributed by atoms with Crippen LogP contribution in [0.2, 0.25) is 5.02 Å². The summed E-state index contributed by atoms with van der Waals surface area (Å²) in [6, 6.07) is 3.12. The zero-order valence-corrected chi connectivity index (χ0v) is 10.9. The molecular weight excluding hydrogens is 294 g/mol. The molecule has 0 heterocycles. The molecule has 16 heavy (non-hydrogen) atoms. The largest absolute Gasteiger partial charge is 0.294 e. The van der Waals surface area contributed by atoms with Crippen molar-refractivity contribution >= 4 is 33.3 Å². The van der Waals surface area contributed by atoms with Gasteiger partial charge >= 0.3 is 0 Å². The van der Waals surface area contributed by atoms with Crippen LogP contribution in [0, 0.1) is 11.7 Å². The van der Waals surface area contributed by atoms with E-state index in [0.29, 0.717) is 4.47 Å². The fourth-order valence-electron chi connectivity index (χ4n) is 2.12. The van der Waals surface area contributed by atoms with E-state index in [2.05, 4.69) is 15.9 Å². The highest BCUT2D eigenvalue weighted by atomic mass is 79.9. The first-order chi connectivity index (χ1) is 7.61. The van der Waals surface area contributed by atoms with E-state index in [-0.39, 0.29) is 22.3 Å². The Morgan fingerprint density at radius 3 is 2.62 bits per heavy atom. The third-order valence-corrected chi connectivity index (χ3v) is 4.29. The van der Waals surface area contributed by atoms with Crippen LogP contribution in [0.15, 0.2) is 16.6 Å². The number of carbonyl (C=O) groups excluding carboxylic acids is 1. The molecule has 4 heteroatoms. The van der Waals surface area contributed by atoms with Crippen LogP contribution in [0.4, 0.5) is 4.39 Å². The van der Waals surface area contributed by atoms with E-state index in [1.807, 2.05) is 0 Å². The van der Waals surface area contributed by atoms with Crippen molar-refractivity contribution in [2.75, 3.05) is 0 Å². The number of ketones is 1. The van der Waals surface area contributed by atoms with Crippen LogP contribution in [0.1, 0.15) is 36.0 Å². The van der Waals surface area contributed by atoms with Gasteiger partial charge in [-0.15, -0.1) is 0 Å². The first kappa shape index (κ1) is 12.1. The van der Waals surface area contributed by atoms with E-state index in [9.17, 15) is 9.18 Å². The van der Waals surface area contributed by atoms with Gasteiger partial charge in [0.05, 0.1) is 10.6 Å². The zero-order valence-electron chi connectivity index (χ0n) is 8.60. The van der Waals surface area contributed by atoms with Crippen LogP contribution in [-0.4, -0.2) is 5.78 Å². The predicted molar refractivity (Wildman–Crippen MR) is 65.4 cm³/mol. The number of rotatable bonds is 2. The molecule has 0 aliphatic heterocycles. The highest BCUT2D eigenvalue weighted by Gasteiger charge is 2.26. The molecule has 0 amide bonds. The second kappa shape index (κ2) is 4.84. The van der Waals surface area contributed by atoms with Gasteiger partial charge in [-0.05, 0) is 40.9 Å². The minimum atomic E-state index is -0.604. The molecule has 0 saturated heterocycles. The molecule has 1 saturated carbocycles. The molecule has 0 bridgehead atoms. The van der Waals surface area contributed by atoms with Gasteiger partial charge in [-0.1, -0.05) is 24.4 Å². The van der Waals surface area contributed by atoms with Gasteiger partial charge in [0.15, 0.2) is 11.6 Å². The number of carbonyl (C=O) groups is 1. The number of hydrogen-bond acceptors (Lipinski definition) is 1. The molecule has 0 aromatic heterocycles. The van der Waals surface area contributed by atoms with Crippen LogP contribution in [0.3, 0.4) is 0 Å². The summed E-state index contributed by atoms with van der Waals surface area (Å²) in [7, 11) is 0. The summed E-state index contributed by atoms with van der Waals surface area (Å²) in [4.78, 5) is 12.0. The van der Waals surface area contributed by atoms with Gasteiger partial charge in [0.25, 0.3) is 0 Å². The third kappa shape index (κ3) is 2.16.